The van der Waals surface area contributed by atoms with Gasteiger partial charge in [0.1, 0.15) is 5.82 Å². The van der Waals surface area contributed by atoms with Crippen LogP contribution in [0.1, 0.15) is 18.4 Å². The number of nitro groups is 1. The van der Waals surface area contributed by atoms with Gasteiger partial charge in [-0.1, -0.05) is 0 Å². The number of hydrogen-bond acceptors (Lipinski definition) is 4. The molecule has 1 aromatic rings. The molecule has 80 valence electrons. The molecule has 0 bridgehead atoms. The molecular weight excluding hydrogens is 203 g/mol. The lowest BCUT2D eigenvalue weighted by atomic mass is 10.0. The van der Waals surface area contributed by atoms with Crippen LogP contribution in [0.2, 0.25) is 0 Å². The lowest BCUT2D eigenvalue weighted by Gasteiger charge is -2.11. The third-order valence-corrected chi connectivity index (χ3v) is 2.58. The summed E-state index contributed by atoms with van der Waals surface area (Å²) in [4.78, 5) is 9.69. The molecular formula is C9H9FN2O3. The Labute approximate surface area is 84.5 Å². The van der Waals surface area contributed by atoms with Crippen LogP contribution in [0.25, 0.3) is 0 Å². The molecule has 0 spiro atoms. The molecule has 1 saturated carbocycles. The van der Waals surface area contributed by atoms with E-state index in [1.54, 1.807) is 0 Å². The summed E-state index contributed by atoms with van der Waals surface area (Å²) in [5.41, 5.74) is 4.45. The second kappa shape index (κ2) is 2.90. The SMILES string of the molecule is NC1(c2cc(F)cc([N+](=O)[O-])c2O)CC1. The van der Waals surface area contributed by atoms with Gasteiger partial charge in [0.15, 0.2) is 5.75 Å². The summed E-state index contributed by atoms with van der Waals surface area (Å²) in [7, 11) is 0. The zero-order valence-electron chi connectivity index (χ0n) is 7.74. The van der Waals surface area contributed by atoms with Gasteiger partial charge in [-0.15, -0.1) is 0 Å². The number of aromatic hydroxyl groups is 1. The molecule has 0 saturated heterocycles. The van der Waals surface area contributed by atoms with E-state index in [-0.39, 0.29) is 5.56 Å². The molecule has 5 nitrogen and oxygen atoms in total. The summed E-state index contributed by atoms with van der Waals surface area (Å²) in [6.07, 6.45) is 1.20. The molecule has 1 aromatic carbocycles. The van der Waals surface area contributed by atoms with E-state index in [2.05, 4.69) is 0 Å². The first-order chi connectivity index (χ1) is 6.94. The van der Waals surface area contributed by atoms with Gasteiger partial charge in [0, 0.05) is 11.1 Å². The van der Waals surface area contributed by atoms with E-state index in [0.29, 0.717) is 18.9 Å². The van der Waals surface area contributed by atoms with Crippen molar-refractivity contribution in [2.75, 3.05) is 0 Å². The van der Waals surface area contributed by atoms with Crippen LogP contribution >= 0.6 is 0 Å². The molecule has 0 radical (unpaired) electrons. The number of benzene rings is 1. The fourth-order valence-electron chi connectivity index (χ4n) is 1.51. The van der Waals surface area contributed by atoms with E-state index in [1.165, 1.54) is 0 Å². The Kier molecular flexibility index (Phi) is 1.90. The van der Waals surface area contributed by atoms with Crippen molar-refractivity contribution >= 4 is 5.69 Å². The second-order valence-corrected chi connectivity index (χ2v) is 3.73. The Morgan fingerprint density at radius 1 is 1.53 bits per heavy atom. The van der Waals surface area contributed by atoms with Crippen LogP contribution in [-0.4, -0.2) is 10.0 Å². The molecule has 0 aliphatic heterocycles. The maximum Gasteiger partial charge on any atom is 0.313 e. The Morgan fingerprint density at radius 2 is 2.13 bits per heavy atom. The van der Waals surface area contributed by atoms with Crippen LogP contribution in [-0.2, 0) is 5.54 Å². The first-order valence-electron chi connectivity index (χ1n) is 4.40. The summed E-state index contributed by atoms with van der Waals surface area (Å²) >= 11 is 0. The van der Waals surface area contributed by atoms with Crippen molar-refractivity contribution in [2.24, 2.45) is 5.73 Å². The van der Waals surface area contributed by atoms with E-state index in [1.807, 2.05) is 0 Å². The van der Waals surface area contributed by atoms with Crippen LogP contribution in [0.4, 0.5) is 10.1 Å². The molecule has 0 heterocycles. The molecule has 6 heteroatoms. The highest BCUT2D eigenvalue weighted by atomic mass is 19.1. The van der Waals surface area contributed by atoms with Crippen molar-refractivity contribution in [3.8, 4) is 5.75 Å². The standard InChI is InChI=1S/C9H9FN2O3/c10-5-3-6(9(11)1-2-9)8(13)7(4-5)12(14)15/h3-4,13H,1-2,11H2. The number of nitrogens with two attached hydrogens (primary N) is 1. The minimum Gasteiger partial charge on any atom is -0.502 e. The van der Waals surface area contributed by atoms with Gasteiger partial charge in [-0.2, -0.15) is 0 Å². The largest absolute Gasteiger partial charge is 0.502 e. The van der Waals surface area contributed by atoms with Gasteiger partial charge in [0.05, 0.1) is 11.0 Å². The molecule has 2 rings (SSSR count). The molecule has 15 heavy (non-hydrogen) atoms. The zero-order valence-corrected chi connectivity index (χ0v) is 7.74. The van der Waals surface area contributed by atoms with Crippen molar-refractivity contribution in [1.29, 1.82) is 0 Å². The number of halogens is 1. The van der Waals surface area contributed by atoms with Crippen LogP contribution in [0, 0.1) is 15.9 Å². The summed E-state index contributed by atoms with van der Waals surface area (Å²) in [5, 5.41) is 20.1. The number of nitro benzene ring substituents is 1. The predicted octanol–water partition coefficient (Wildman–Crippen LogP) is 1.39. The van der Waals surface area contributed by atoms with Crippen molar-refractivity contribution in [2.45, 2.75) is 18.4 Å². The van der Waals surface area contributed by atoms with Crippen molar-refractivity contribution in [1.82, 2.24) is 0 Å². The summed E-state index contributed by atoms with van der Waals surface area (Å²) in [6.45, 7) is 0. The number of hydrogen-bond donors (Lipinski definition) is 2. The van der Waals surface area contributed by atoms with Gasteiger partial charge in [0.25, 0.3) is 0 Å². The van der Waals surface area contributed by atoms with Crippen molar-refractivity contribution in [3.63, 3.8) is 0 Å². The third-order valence-electron chi connectivity index (χ3n) is 2.58. The van der Waals surface area contributed by atoms with Crippen LogP contribution in [0.3, 0.4) is 0 Å². The number of rotatable bonds is 2. The van der Waals surface area contributed by atoms with Gasteiger partial charge in [-0.3, -0.25) is 10.1 Å². The Bertz CT molecular complexity index is 443. The van der Waals surface area contributed by atoms with E-state index in [4.69, 9.17) is 5.73 Å². The molecule has 1 aliphatic rings. The molecule has 1 fully saturated rings. The summed E-state index contributed by atoms with van der Waals surface area (Å²) in [5.74, 6) is -1.28. The first kappa shape index (κ1) is 9.85. The smallest absolute Gasteiger partial charge is 0.313 e. The Hall–Kier alpha value is -1.69. The zero-order chi connectivity index (χ0) is 11.2. The van der Waals surface area contributed by atoms with Crippen molar-refractivity contribution < 1.29 is 14.4 Å². The lowest BCUT2D eigenvalue weighted by Crippen LogP contribution is -2.19. The molecule has 0 unspecified atom stereocenters. The minimum atomic E-state index is -0.826. The Morgan fingerprint density at radius 3 is 2.60 bits per heavy atom. The molecule has 0 atom stereocenters. The summed E-state index contributed by atoms with van der Waals surface area (Å²) in [6, 6.07) is 1.74. The highest BCUT2D eigenvalue weighted by molar-refractivity contribution is 5.55. The number of phenolic OH excluding ortho intramolecular Hbond substituents is 1. The molecule has 1 aliphatic carbocycles. The van der Waals surface area contributed by atoms with Gasteiger partial charge in [0.2, 0.25) is 0 Å². The number of phenols is 1. The predicted molar refractivity (Wildman–Crippen MR) is 49.8 cm³/mol. The van der Waals surface area contributed by atoms with E-state index in [9.17, 15) is 19.6 Å². The van der Waals surface area contributed by atoms with E-state index < -0.39 is 27.7 Å². The van der Waals surface area contributed by atoms with Crippen LogP contribution < -0.4 is 5.73 Å². The highest BCUT2D eigenvalue weighted by Gasteiger charge is 2.44. The highest BCUT2D eigenvalue weighted by Crippen LogP contribution is 2.48. The average Bonchev–Trinajstić information content (AvgIpc) is 2.88. The van der Waals surface area contributed by atoms with Gasteiger partial charge in [-0.25, -0.2) is 4.39 Å². The van der Waals surface area contributed by atoms with Crippen LogP contribution in [0.15, 0.2) is 12.1 Å². The Balaban J connectivity index is 2.60. The van der Waals surface area contributed by atoms with Crippen molar-refractivity contribution in [3.05, 3.63) is 33.6 Å². The van der Waals surface area contributed by atoms with E-state index in [0.717, 1.165) is 6.07 Å². The topological polar surface area (TPSA) is 89.4 Å². The molecule has 0 aromatic heterocycles. The monoisotopic (exact) mass is 212 g/mol. The van der Waals surface area contributed by atoms with Gasteiger partial charge in [-0.05, 0) is 18.9 Å². The molecule has 0 amide bonds. The van der Waals surface area contributed by atoms with E-state index >= 15 is 0 Å². The maximum atomic E-state index is 13.1. The van der Waals surface area contributed by atoms with Crippen LogP contribution in [0.5, 0.6) is 5.75 Å². The normalized spacial score (nSPS) is 17.5. The second-order valence-electron chi connectivity index (χ2n) is 3.73. The van der Waals surface area contributed by atoms with Gasteiger partial charge < -0.3 is 10.8 Å². The third kappa shape index (κ3) is 1.52. The number of nitrogens with zero attached hydrogens (tertiary/aromatic N) is 1. The minimum absolute atomic E-state index is 0.120. The quantitative estimate of drug-likeness (QED) is 0.572. The fourth-order valence-corrected chi connectivity index (χ4v) is 1.51. The summed E-state index contributed by atoms with van der Waals surface area (Å²) < 4.78 is 13.1. The maximum absolute atomic E-state index is 13.1. The van der Waals surface area contributed by atoms with Gasteiger partial charge >= 0.3 is 5.69 Å². The first-order valence-corrected chi connectivity index (χ1v) is 4.40. The molecule has 3 N–H and O–H groups in total. The lowest BCUT2D eigenvalue weighted by molar-refractivity contribution is -0.386. The fraction of sp³-hybridized carbons (Fsp3) is 0.333. The average molecular weight is 212 g/mol.